The number of ether oxygens (including phenoxy) is 1. The molecule has 0 radical (unpaired) electrons. The zero-order valence-corrected chi connectivity index (χ0v) is 18.9. The largest absolute Gasteiger partial charge is 0.380 e. The van der Waals surface area contributed by atoms with Gasteiger partial charge in [0.05, 0.1) is 18.8 Å². The van der Waals surface area contributed by atoms with E-state index in [1.165, 1.54) is 0 Å². The van der Waals surface area contributed by atoms with Crippen molar-refractivity contribution < 1.29 is 4.74 Å². The Balaban J connectivity index is 0.00000190. The van der Waals surface area contributed by atoms with Gasteiger partial charge in [-0.3, -0.25) is 9.67 Å². The van der Waals surface area contributed by atoms with Gasteiger partial charge in [0.15, 0.2) is 5.82 Å². The molecule has 0 fully saturated rings. The van der Waals surface area contributed by atoms with E-state index in [4.69, 9.17) is 21.4 Å². The van der Waals surface area contributed by atoms with Gasteiger partial charge in [0.2, 0.25) is 5.28 Å². The second-order valence-corrected chi connectivity index (χ2v) is 6.45. The highest BCUT2D eigenvalue weighted by molar-refractivity contribution is 6.29. The van der Waals surface area contributed by atoms with Gasteiger partial charge in [-0.05, 0) is 44.9 Å². The molecule has 2 rings (SSSR count). The standard InChI is InChI=1S/C18H27ClN6O.C2H6/c1-6-8-13-15-16(25(24-13)9-10-26-7-2)17(23-18(19)22-15)21-14(20-5)11-12(3)4;1-2/h11H,6-10H2,1-5H3,(H,20,21,22,23);1-2H3. The van der Waals surface area contributed by atoms with Gasteiger partial charge in [0.1, 0.15) is 16.9 Å². The van der Waals surface area contributed by atoms with Crippen LogP contribution in [-0.2, 0) is 17.7 Å². The minimum absolute atomic E-state index is 0.189. The minimum atomic E-state index is 0.189. The average Bonchev–Trinajstić information content (AvgIpc) is 3.00. The summed E-state index contributed by atoms with van der Waals surface area (Å²) in [6.45, 7) is 14.0. The number of anilines is 1. The maximum absolute atomic E-state index is 6.19. The number of aromatic nitrogens is 4. The third-order valence-electron chi connectivity index (χ3n) is 3.68. The molecule has 0 amide bonds. The Bertz CT molecular complexity index is 809. The first kappa shape index (κ1) is 24.0. The quantitative estimate of drug-likeness (QED) is 0.291. The van der Waals surface area contributed by atoms with E-state index < -0.39 is 0 Å². The lowest BCUT2D eigenvalue weighted by Gasteiger charge is -2.10. The van der Waals surface area contributed by atoms with Crippen LogP contribution < -0.4 is 5.32 Å². The van der Waals surface area contributed by atoms with E-state index in [1.54, 1.807) is 7.05 Å². The molecule has 0 saturated carbocycles. The van der Waals surface area contributed by atoms with Crippen LogP contribution in [0.3, 0.4) is 0 Å². The lowest BCUT2D eigenvalue weighted by molar-refractivity contribution is 0.137. The predicted molar refractivity (Wildman–Crippen MR) is 119 cm³/mol. The number of halogens is 1. The van der Waals surface area contributed by atoms with Gasteiger partial charge >= 0.3 is 0 Å². The van der Waals surface area contributed by atoms with Gasteiger partial charge < -0.3 is 10.1 Å². The first-order valence-corrected chi connectivity index (χ1v) is 10.3. The molecule has 0 aliphatic carbocycles. The van der Waals surface area contributed by atoms with E-state index >= 15 is 0 Å². The Hall–Kier alpha value is -1.99. The number of nitrogens with one attached hydrogen (secondary N) is 1. The third kappa shape index (κ3) is 6.56. The van der Waals surface area contributed by atoms with Crippen molar-refractivity contribution in [1.82, 2.24) is 19.7 Å². The van der Waals surface area contributed by atoms with E-state index in [0.29, 0.717) is 31.4 Å². The van der Waals surface area contributed by atoms with E-state index in [2.05, 4.69) is 27.2 Å². The molecule has 0 bridgehead atoms. The van der Waals surface area contributed by atoms with Gasteiger partial charge in [-0.2, -0.15) is 10.1 Å². The third-order valence-corrected chi connectivity index (χ3v) is 3.85. The normalized spacial score (nSPS) is 11.2. The summed E-state index contributed by atoms with van der Waals surface area (Å²) in [6.07, 6.45) is 3.75. The molecule has 0 aliphatic heterocycles. The molecular formula is C20H33ClN6O. The molecule has 156 valence electrons. The molecule has 0 aromatic carbocycles. The second-order valence-electron chi connectivity index (χ2n) is 6.11. The van der Waals surface area contributed by atoms with Crippen LogP contribution in [0.1, 0.15) is 53.7 Å². The molecular weight excluding hydrogens is 376 g/mol. The summed E-state index contributed by atoms with van der Waals surface area (Å²) < 4.78 is 7.39. The topological polar surface area (TPSA) is 77.2 Å². The highest BCUT2D eigenvalue weighted by atomic mass is 35.5. The lowest BCUT2D eigenvalue weighted by Crippen LogP contribution is -2.14. The SMILES string of the molecule is CC.CCCc1nn(CCOCC)c2c(NC(C=C(C)C)=NC)nc(Cl)nc12. The Morgan fingerprint density at radius 1 is 1.25 bits per heavy atom. The number of amidine groups is 1. The summed E-state index contributed by atoms with van der Waals surface area (Å²) in [7, 11) is 1.73. The summed E-state index contributed by atoms with van der Waals surface area (Å²) in [5.41, 5.74) is 3.65. The van der Waals surface area contributed by atoms with E-state index in [0.717, 1.165) is 35.1 Å². The summed E-state index contributed by atoms with van der Waals surface area (Å²) in [6, 6.07) is 0. The fourth-order valence-electron chi connectivity index (χ4n) is 2.62. The molecule has 8 heteroatoms. The number of hydrogen-bond donors (Lipinski definition) is 1. The predicted octanol–water partition coefficient (Wildman–Crippen LogP) is 4.90. The Morgan fingerprint density at radius 3 is 2.54 bits per heavy atom. The average molecular weight is 409 g/mol. The number of allylic oxidation sites excluding steroid dienone is 1. The number of hydrogen-bond acceptors (Lipinski definition) is 5. The molecule has 0 aliphatic rings. The first-order chi connectivity index (χ1) is 13.5. The fraction of sp³-hybridized carbons (Fsp3) is 0.600. The molecule has 1 N–H and O–H groups in total. The van der Waals surface area contributed by atoms with Crippen LogP contribution in [0.2, 0.25) is 5.28 Å². The Kier molecular flexibility index (Phi) is 10.7. The van der Waals surface area contributed by atoms with E-state index in [9.17, 15) is 0 Å². The zero-order valence-electron chi connectivity index (χ0n) is 18.1. The van der Waals surface area contributed by atoms with Crippen LogP contribution in [0.5, 0.6) is 0 Å². The van der Waals surface area contributed by atoms with Crippen molar-refractivity contribution in [3.8, 4) is 0 Å². The molecule has 0 spiro atoms. The van der Waals surface area contributed by atoms with Crippen molar-refractivity contribution in [1.29, 1.82) is 0 Å². The van der Waals surface area contributed by atoms with Gasteiger partial charge in [0.25, 0.3) is 0 Å². The van der Waals surface area contributed by atoms with E-state index in [1.807, 2.05) is 45.4 Å². The summed E-state index contributed by atoms with van der Waals surface area (Å²) in [5, 5.41) is 8.18. The molecule has 2 aromatic rings. The summed E-state index contributed by atoms with van der Waals surface area (Å²) in [4.78, 5) is 13.1. The van der Waals surface area contributed by atoms with Crippen molar-refractivity contribution in [2.45, 2.75) is 60.9 Å². The van der Waals surface area contributed by atoms with Gasteiger partial charge in [-0.15, -0.1) is 0 Å². The molecule has 28 heavy (non-hydrogen) atoms. The van der Waals surface area contributed by atoms with Gasteiger partial charge in [-0.25, -0.2) is 4.98 Å². The summed E-state index contributed by atoms with van der Waals surface area (Å²) >= 11 is 6.19. The molecule has 0 unspecified atom stereocenters. The van der Waals surface area contributed by atoms with Crippen LogP contribution >= 0.6 is 11.6 Å². The first-order valence-electron chi connectivity index (χ1n) is 9.89. The summed E-state index contributed by atoms with van der Waals surface area (Å²) in [5.74, 6) is 1.31. The molecule has 2 aromatic heterocycles. The van der Waals surface area contributed by atoms with Crippen LogP contribution in [0.25, 0.3) is 11.0 Å². The van der Waals surface area contributed by atoms with Gasteiger partial charge in [-0.1, -0.05) is 32.8 Å². The number of rotatable bonds is 8. The molecule has 0 saturated heterocycles. The van der Waals surface area contributed by atoms with Gasteiger partial charge in [0, 0.05) is 13.7 Å². The van der Waals surface area contributed by atoms with Crippen LogP contribution in [0.4, 0.5) is 5.82 Å². The van der Waals surface area contributed by atoms with Crippen molar-refractivity contribution in [2.24, 2.45) is 4.99 Å². The number of aliphatic imine (C=N–C) groups is 1. The second kappa shape index (κ2) is 12.5. The number of aryl methyl sites for hydroxylation is 1. The maximum atomic E-state index is 6.19. The highest BCUT2D eigenvalue weighted by Crippen LogP contribution is 2.26. The zero-order chi connectivity index (χ0) is 21.1. The number of nitrogens with zero attached hydrogens (tertiary/aromatic N) is 5. The maximum Gasteiger partial charge on any atom is 0.225 e. The van der Waals surface area contributed by atoms with Crippen LogP contribution in [-0.4, -0.2) is 45.8 Å². The Morgan fingerprint density at radius 2 is 1.96 bits per heavy atom. The molecule has 7 nitrogen and oxygen atoms in total. The van der Waals surface area contributed by atoms with Crippen LogP contribution in [0, 0.1) is 0 Å². The van der Waals surface area contributed by atoms with Crippen molar-refractivity contribution >= 4 is 34.3 Å². The highest BCUT2D eigenvalue weighted by Gasteiger charge is 2.18. The molecule has 2 heterocycles. The van der Waals surface area contributed by atoms with Crippen molar-refractivity contribution in [2.75, 3.05) is 25.6 Å². The van der Waals surface area contributed by atoms with Crippen LogP contribution in [0.15, 0.2) is 16.6 Å². The van der Waals surface area contributed by atoms with E-state index in [-0.39, 0.29) is 5.28 Å². The fourth-order valence-corrected chi connectivity index (χ4v) is 2.79. The number of fused-ring (bicyclic) bond motifs is 1. The lowest BCUT2D eigenvalue weighted by atomic mass is 10.2. The van der Waals surface area contributed by atoms with Crippen molar-refractivity contribution in [3.05, 3.63) is 22.6 Å². The molecule has 0 atom stereocenters. The monoisotopic (exact) mass is 408 g/mol. The minimum Gasteiger partial charge on any atom is -0.380 e. The smallest absolute Gasteiger partial charge is 0.225 e. The Labute approximate surface area is 173 Å². The van der Waals surface area contributed by atoms with Crippen molar-refractivity contribution in [3.63, 3.8) is 0 Å².